The third-order valence-corrected chi connectivity index (χ3v) is 5.76. The summed E-state index contributed by atoms with van der Waals surface area (Å²) < 4.78 is 26.3. The van der Waals surface area contributed by atoms with E-state index >= 15 is 0 Å². The third kappa shape index (κ3) is 2.72. The van der Waals surface area contributed by atoms with Crippen molar-refractivity contribution in [2.75, 3.05) is 10.8 Å². The normalized spacial score (nSPS) is 19.4. The molecule has 2 rings (SSSR count). The van der Waals surface area contributed by atoms with Crippen molar-refractivity contribution in [1.29, 1.82) is 5.26 Å². The Labute approximate surface area is 123 Å². The molecule has 1 N–H and O–H groups in total. The lowest BCUT2D eigenvalue weighted by atomic mass is 9.94. The lowest BCUT2D eigenvalue weighted by Crippen LogP contribution is -2.46. The van der Waals surface area contributed by atoms with Crippen LogP contribution < -0.4 is 4.31 Å². The average Bonchev–Trinajstić information content (AvgIpc) is 2.46. The van der Waals surface area contributed by atoms with Crippen LogP contribution in [-0.2, 0) is 21.2 Å². The van der Waals surface area contributed by atoms with Gasteiger partial charge in [0.1, 0.15) is 0 Å². The predicted octanol–water partition coefficient (Wildman–Crippen LogP) is 1.38. The largest absolute Gasteiger partial charge is 0.481 e. The molecule has 112 valence electrons. The van der Waals surface area contributed by atoms with Gasteiger partial charge in [0.2, 0.25) is 0 Å². The molecule has 6 nitrogen and oxygen atoms in total. The van der Waals surface area contributed by atoms with Gasteiger partial charge < -0.3 is 5.11 Å². The van der Waals surface area contributed by atoms with Gasteiger partial charge in [-0.3, -0.25) is 9.10 Å². The fourth-order valence-corrected chi connectivity index (χ4v) is 4.19. The number of aliphatic carboxylic acids is 1. The standard InChI is InChI=1S/C14H16N2O4S/c1-2-12(8-15)21(19,20)16-9-11(14(17)18)7-10-5-3-4-6-13(10)16/h3-6,11-12H,2,7,9H2,1H3,(H,17,18). The van der Waals surface area contributed by atoms with E-state index in [1.165, 1.54) is 0 Å². The van der Waals surface area contributed by atoms with E-state index in [4.69, 9.17) is 5.26 Å². The molecule has 2 unspecified atom stereocenters. The highest BCUT2D eigenvalue weighted by Gasteiger charge is 2.38. The highest BCUT2D eigenvalue weighted by molar-refractivity contribution is 7.93. The van der Waals surface area contributed by atoms with E-state index in [2.05, 4.69) is 0 Å². The van der Waals surface area contributed by atoms with Gasteiger partial charge in [0.15, 0.2) is 5.25 Å². The van der Waals surface area contributed by atoms with Crippen molar-refractivity contribution in [3.63, 3.8) is 0 Å². The Balaban J connectivity index is 2.52. The Hall–Kier alpha value is -2.07. The first-order valence-electron chi connectivity index (χ1n) is 6.63. The third-order valence-electron chi connectivity index (χ3n) is 3.64. The number of carbonyl (C=O) groups is 1. The summed E-state index contributed by atoms with van der Waals surface area (Å²) in [6, 6.07) is 8.61. The molecule has 0 fully saturated rings. The number of anilines is 1. The number of nitriles is 1. The van der Waals surface area contributed by atoms with Crippen LogP contribution in [-0.4, -0.2) is 31.3 Å². The van der Waals surface area contributed by atoms with Gasteiger partial charge in [-0.25, -0.2) is 8.42 Å². The molecule has 1 aromatic carbocycles. The molecule has 0 aromatic heterocycles. The fraction of sp³-hybridized carbons (Fsp3) is 0.429. The maximum atomic E-state index is 12.6. The minimum Gasteiger partial charge on any atom is -0.481 e. The van der Waals surface area contributed by atoms with E-state index in [9.17, 15) is 18.3 Å². The average molecular weight is 308 g/mol. The number of carboxylic acids is 1. The quantitative estimate of drug-likeness (QED) is 0.906. The summed E-state index contributed by atoms with van der Waals surface area (Å²) in [7, 11) is -3.90. The Bertz CT molecular complexity index is 693. The summed E-state index contributed by atoms with van der Waals surface area (Å²) in [5, 5.41) is 17.1. The molecule has 1 heterocycles. The Kier molecular flexibility index (Phi) is 4.19. The van der Waals surface area contributed by atoms with Crippen LogP contribution in [0.4, 0.5) is 5.69 Å². The maximum Gasteiger partial charge on any atom is 0.308 e. The van der Waals surface area contributed by atoms with Gasteiger partial charge in [-0.1, -0.05) is 25.1 Å². The molecular formula is C14H16N2O4S. The molecular weight excluding hydrogens is 292 g/mol. The summed E-state index contributed by atoms with van der Waals surface area (Å²) in [5.74, 6) is -1.83. The van der Waals surface area contributed by atoms with Gasteiger partial charge >= 0.3 is 5.97 Å². The van der Waals surface area contributed by atoms with Crippen LogP contribution in [0.1, 0.15) is 18.9 Å². The molecule has 0 radical (unpaired) electrons. The van der Waals surface area contributed by atoms with Crippen LogP contribution in [0.5, 0.6) is 0 Å². The van der Waals surface area contributed by atoms with E-state index in [0.29, 0.717) is 17.7 Å². The van der Waals surface area contributed by atoms with Gasteiger partial charge in [0.25, 0.3) is 10.0 Å². The number of para-hydroxylation sites is 1. The fourth-order valence-electron chi connectivity index (χ4n) is 2.48. The summed E-state index contributed by atoms with van der Waals surface area (Å²) in [4.78, 5) is 11.3. The van der Waals surface area contributed by atoms with E-state index in [1.54, 1.807) is 37.3 Å². The molecule has 1 aliphatic rings. The number of carboxylic acid groups (broad SMARTS) is 1. The van der Waals surface area contributed by atoms with Crippen LogP contribution in [0, 0.1) is 17.2 Å². The highest BCUT2D eigenvalue weighted by atomic mass is 32.2. The first-order chi connectivity index (χ1) is 9.91. The number of hydrogen-bond donors (Lipinski definition) is 1. The van der Waals surface area contributed by atoms with Gasteiger partial charge in [-0.2, -0.15) is 5.26 Å². The number of benzene rings is 1. The Morgan fingerprint density at radius 1 is 1.52 bits per heavy atom. The Morgan fingerprint density at radius 3 is 2.76 bits per heavy atom. The molecule has 0 aliphatic carbocycles. The van der Waals surface area contributed by atoms with Crippen molar-refractivity contribution in [1.82, 2.24) is 0 Å². The summed E-state index contributed by atoms with van der Waals surface area (Å²) in [6.45, 7) is 1.49. The molecule has 2 atom stereocenters. The monoisotopic (exact) mass is 308 g/mol. The van der Waals surface area contributed by atoms with Crippen molar-refractivity contribution in [3.8, 4) is 6.07 Å². The van der Waals surface area contributed by atoms with Crippen molar-refractivity contribution >= 4 is 21.7 Å². The predicted molar refractivity (Wildman–Crippen MR) is 77.2 cm³/mol. The molecule has 21 heavy (non-hydrogen) atoms. The smallest absolute Gasteiger partial charge is 0.308 e. The number of hydrogen-bond acceptors (Lipinski definition) is 4. The van der Waals surface area contributed by atoms with E-state index in [1.807, 2.05) is 0 Å². The molecule has 0 amide bonds. The number of nitrogens with zero attached hydrogens (tertiary/aromatic N) is 2. The Morgan fingerprint density at radius 2 is 2.19 bits per heavy atom. The van der Waals surface area contributed by atoms with Crippen molar-refractivity contribution < 1.29 is 18.3 Å². The van der Waals surface area contributed by atoms with Crippen molar-refractivity contribution in [2.45, 2.75) is 25.0 Å². The maximum absolute atomic E-state index is 12.6. The minimum absolute atomic E-state index is 0.132. The molecule has 0 spiro atoms. The molecule has 1 aromatic rings. The van der Waals surface area contributed by atoms with Gasteiger partial charge in [-0.15, -0.1) is 0 Å². The van der Waals surface area contributed by atoms with E-state index in [-0.39, 0.29) is 13.0 Å². The van der Waals surface area contributed by atoms with Crippen molar-refractivity contribution in [3.05, 3.63) is 29.8 Å². The second-order valence-electron chi connectivity index (χ2n) is 4.97. The van der Waals surface area contributed by atoms with Crippen molar-refractivity contribution in [2.24, 2.45) is 5.92 Å². The highest BCUT2D eigenvalue weighted by Crippen LogP contribution is 2.33. The number of sulfonamides is 1. The lowest BCUT2D eigenvalue weighted by Gasteiger charge is -2.34. The molecule has 0 saturated carbocycles. The van der Waals surface area contributed by atoms with Crippen LogP contribution in [0.15, 0.2) is 24.3 Å². The SMILES string of the molecule is CCC(C#N)S(=O)(=O)N1CC(C(=O)O)Cc2ccccc21. The molecule has 0 saturated heterocycles. The zero-order valence-electron chi connectivity index (χ0n) is 11.6. The number of fused-ring (bicyclic) bond motifs is 1. The van der Waals surface area contributed by atoms with Crippen LogP contribution in [0.25, 0.3) is 0 Å². The van der Waals surface area contributed by atoms with E-state index in [0.717, 1.165) is 4.31 Å². The van der Waals surface area contributed by atoms with Gasteiger partial charge in [0.05, 0.1) is 17.7 Å². The van der Waals surface area contributed by atoms with Crippen LogP contribution in [0.3, 0.4) is 0 Å². The first-order valence-corrected chi connectivity index (χ1v) is 8.14. The first kappa shape index (κ1) is 15.3. The van der Waals surface area contributed by atoms with Gasteiger partial charge in [0, 0.05) is 6.54 Å². The molecule has 1 aliphatic heterocycles. The zero-order chi connectivity index (χ0) is 15.6. The second kappa shape index (κ2) is 5.74. The topological polar surface area (TPSA) is 98.5 Å². The summed E-state index contributed by atoms with van der Waals surface area (Å²) in [6.07, 6.45) is 0.454. The lowest BCUT2D eigenvalue weighted by molar-refractivity contribution is -0.141. The van der Waals surface area contributed by atoms with E-state index < -0.39 is 27.2 Å². The summed E-state index contributed by atoms with van der Waals surface area (Å²) >= 11 is 0. The molecule has 7 heteroatoms. The summed E-state index contributed by atoms with van der Waals surface area (Å²) in [5.41, 5.74) is 1.15. The van der Waals surface area contributed by atoms with Gasteiger partial charge in [-0.05, 0) is 24.5 Å². The molecule has 0 bridgehead atoms. The van der Waals surface area contributed by atoms with Crippen LogP contribution in [0.2, 0.25) is 0 Å². The number of rotatable bonds is 4. The minimum atomic E-state index is -3.90. The zero-order valence-corrected chi connectivity index (χ0v) is 12.4. The second-order valence-corrected chi connectivity index (χ2v) is 7.01. The van der Waals surface area contributed by atoms with Crippen LogP contribution >= 0.6 is 0 Å².